The van der Waals surface area contributed by atoms with Crippen molar-refractivity contribution in [2.24, 2.45) is 0 Å². The molecule has 104 valence electrons. The van der Waals surface area contributed by atoms with Crippen LogP contribution in [0.5, 0.6) is 11.5 Å². The van der Waals surface area contributed by atoms with Crippen LogP contribution in [0.1, 0.15) is 11.1 Å². The van der Waals surface area contributed by atoms with Gasteiger partial charge < -0.3 is 14.2 Å². The summed E-state index contributed by atoms with van der Waals surface area (Å²) < 4.78 is 16.0. The second-order valence-electron chi connectivity index (χ2n) is 4.22. The molecular weight excluding hydrogens is 252 g/mol. The van der Waals surface area contributed by atoms with Crippen molar-refractivity contribution in [3.63, 3.8) is 0 Å². The van der Waals surface area contributed by atoms with Gasteiger partial charge in [-0.3, -0.25) is 0 Å². The Morgan fingerprint density at radius 2 is 1.80 bits per heavy atom. The Bertz CT molecular complexity index is 562. The van der Waals surface area contributed by atoms with Crippen LogP contribution in [0.25, 0.3) is 6.08 Å². The van der Waals surface area contributed by atoms with Crippen LogP contribution in [-0.4, -0.2) is 14.2 Å². The summed E-state index contributed by atoms with van der Waals surface area (Å²) in [5.74, 6) is 1.58. The topological polar surface area (TPSA) is 27.7 Å². The van der Waals surface area contributed by atoms with E-state index in [2.05, 4.69) is 0 Å². The second kappa shape index (κ2) is 7.24. The fraction of sp³-hybridized carbons (Fsp3) is 0.176. The Kier molecular flexibility index (Phi) is 5.07. The molecule has 0 aliphatic carbocycles. The van der Waals surface area contributed by atoms with Crippen LogP contribution in [0.2, 0.25) is 0 Å². The van der Waals surface area contributed by atoms with Crippen molar-refractivity contribution < 1.29 is 14.2 Å². The van der Waals surface area contributed by atoms with Crippen LogP contribution in [0.3, 0.4) is 0 Å². The van der Waals surface area contributed by atoms with Gasteiger partial charge in [0.25, 0.3) is 0 Å². The van der Waals surface area contributed by atoms with Gasteiger partial charge in [0, 0.05) is 5.56 Å². The molecule has 0 saturated heterocycles. The van der Waals surface area contributed by atoms with Crippen molar-refractivity contribution in [1.82, 2.24) is 0 Å². The van der Waals surface area contributed by atoms with Gasteiger partial charge in [-0.15, -0.1) is 0 Å². The summed E-state index contributed by atoms with van der Waals surface area (Å²) in [6.45, 7) is 0.529. The van der Waals surface area contributed by atoms with Crippen molar-refractivity contribution in [3.05, 3.63) is 65.9 Å². The molecule has 20 heavy (non-hydrogen) atoms. The summed E-state index contributed by atoms with van der Waals surface area (Å²) in [4.78, 5) is 0. The molecule has 0 atom stereocenters. The van der Waals surface area contributed by atoms with Gasteiger partial charge in [-0.1, -0.05) is 30.3 Å². The highest BCUT2D eigenvalue weighted by Gasteiger charge is 2.04. The van der Waals surface area contributed by atoms with E-state index >= 15 is 0 Å². The lowest BCUT2D eigenvalue weighted by atomic mass is 10.2. The lowest BCUT2D eigenvalue weighted by molar-refractivity contribution is 0.304. The zero-order valence-corrected chi connectivity index (χ0v) is 11.7. The van der Waals surface area contributed by atoms with E-state index in [0.29, 0.717) is 6.61 Å². The zero-order valence-electron chi connectivity index (χ0n) is 11.7. The smallest absolute Gasteiger partial charge is 0.127 e. The number of hydrogen-bond donors (Lipinski definition) is 0. The average molecular weight is 270 g/mol. The fourth-order valence-electron chi connectivity index (χ4n) is 1.79. The SMILES string of the molecule is CO/C=C/c1cc(OC)ccc1OCc1ccccc1. The summed E-state index contributed by atoms with van der Waals surface area (Å²) in [5, 5.41) is 0. The highest BCUT2D eigenvalue weighted by atomic mass is 16.5. The fourth-order valence-corrected chi connectivity index (χ4v) is 1.79. The largest absolute Gasteiger partial charge is 0.504 e. The lowest BCUT2D eigenvalue weighted by Crippen LogP contribution is -1.97. The monoisotopic (exact) mass is 270 g/mol. The van der Waals surface area contributed by atoms with E-state index in [9.17, 15) is 0 Å². The Balaban J connectivity index is 2.15. The van der Waals surface area contributed by atoms with Crippen LogP contribution in [0.4, 0.5) is 0 Å². The van der Waals surface area contributed by atoms with Crippen LogP contribution in [-0.2, 0) is 11.3 Å². The van der Waals surface area contributed by atoms with Crippen molar-refractivity contribution in [2.45, 2.75) is 6.61 Å². The third-order valence-electron chi connectivity index (χ3n) is 2.84. The Hall–Kier alpha value is -2.42. The molecule has 0 amide bonds. The summed E-state index contributed by atoms with van der Waals surface area (Å²) in [5.41, 5.74) is 2.05. The van der Waals surface area contributed by atoms with E-state index in [1.54, 1.807) is 20.5 Å². The second-order valence-corrected chi connectivity index (χ2v) is 4.22. The molecule has 0 aliphatic heterocycles. The Morgan fingerprint density at radius 3 is 2.50 bits per heavy atom. The molecule has 3 heteroatoms. The quantitative estimate of drug-likeness (QED) is 0.745. The van der Waals surface area contributed by atoms with E-state index in [1.807, 2.05) is 54.6 Å². The third kappa shape index (κ3) is 3.79. The van der Waals surface area contributed by atoms with E-state index in [0.717, 1.165) is 22.6 Å². The number of rotatable bonds is 6. The number of methoxy groups -OCH3 is 2. The van der Waals surface area contributed by atoms with Crippen LogP contribution < -0.4 is 9.47 Å². The van der Waals surface area contributed by atoms with Crippen molar-refractivity contribution in [1.29, 1.82) is 0 Å². The van der Waals surface area contributed by atoms with Gasteiger partial charge in [0.1, 0.15) is 18.1 Å². The summed E-state index contributed by atoms with van der Waals surface area (Å²) >= 11 is 0. The Morgan fingerprint density at radius 1 is 1.00 bits per heavy atom. The molecule has 0 heterocycles. The molecule has 0 bridgehead atoms. The van der Waals surface area contributed by atoms with E-state index in [-0.39, 0.29) is 0 Å². The number of ether oxygens (including phenoxy) is 3. The summed E-state index contributed by atoms with van der Waals surface area (Å²) in [7, 11) is 3.25. The van der Waals surface area contributed by atoms with Crippen LogP contribution >= 0.6 is 0 Å². The van der Waals surface area contributed by atoms with Gasteiger partial charge in [-0.2, -0.15) is 0 Å². The van der Waals surface area contributed by atoms with E-state index in [4.69, 9.17) is 14.2 Å². The first kappa shape index (κ1) is 14.0. The maximum atomic E-state index is 5.86. The van der Waals surface area contributed by atoms with Crippen LogP contribution in [0, 0.1) is 0 Å². The van der Waals surface area contributed by atoms with Crippen LogP contribution in [0.15, 0.2) is 54.8 Å². The minimum Gasteiger partial charge on any atom is -0.504 e. The minimum atomic E-state index is 0.529. The molecule has 0 spiro atoms. The summed E-state index contributed by atoms with van der Waals surface area (Å²) in [6.07, 6.45) is 3.47. The van der Waals surface area contributed by atoms with Gasteiger partial charge in [0.15, 0.2) is 0 Å². The van der Waals surface area contributed by atoms with Gasteiger partial charge in [-0.05, 0) is 29.8 Å². The lowest BCUT2D eigenvalue weighted by Gasteiger charge is -2.11. The molecule has 0 N–H and O–H groups in total. The number of hydrogen-bond acceptors (Lipinski definition) is 3. The third-order valence-corrected chi connectivity index (χ3v) is 2.84. The molecule has 0 aromatic heterocycles. The van der Waals surface area contributed by atoms with Gasteiger partial charge in [0.05, 0.1) is 20.5 Å². The normalized spacial score (nSPS) is 10.5. The van der Waals surface area contributed by atoms with Crippen molar-refractivity contribution in [3.8, 4) is 11.5 Å². The standard InChI is InChI=1S/C17H18O3/c1-18-11-10-15-12-16(19-2)8-9-17(15)20-13-14-6-4-3-5-7-14/h3-12H,13H2,1-2H3/b11-10+. The predicted molar refractivity (Wildman–Crippen MR) is 79.8 cm³/mol. The molecule has 0 aliphatic rings. The zero-order chi connectivity index (χ0) is 14.2. The number of benzene rings is 2. The average Bonchev–Trinajstić information content (AvgIpc) is 2.52. The Labute approximate surface area is 119 Å². The van der Waals surface area contributed by atoms with E-state index in [1.165, 1.54) is 0 Å². The molecule has 0 fully saturated rings. The van der Waals surface area contributed by atoms with Gasteiger partial charge in [-0.25, -0.2) is 0 Å². The first-order valence-corrected chi connectivity index (χ1v) is 6.37. The first-order valence-electron chi connectivity index (χ1n) is 6.37. The van der Waals surface area contributed by atoms with Crippen molar-refractivity contribution >= 4 is 6.08 Å². The van der Waals surface area contributed by atoms with Gasteiger partial charge in [0.2, 0.25) is 0 Å². The molecule has 0 saturated carbocycles. The molecule has 2 aromatic carbocycles. The first-order chi connectivity index (χ1) is 9.83. The van der Waals surface area contributed by atoms with E-state index < -0.39 is 0 Å². The maximum Gasteiger partial charge on any atom is 0.127 e. The highest BCUT2D eigenvalue weighted by Crippen LogP contribution is 2.26. The molecule has 2 rings (SSSR count). The highest BCUT2D eigenvalue weighted by molar-refractivity contribution is 5.59. The van der Waals surface area contributed by atoms with Crippen molar-refractivity contribution in [2.75, 3.05) is 14.2 Å². The molecule has 0 radical (unpaired) electrons. The minimum absolute atomic E-state index is 0.529. The molecule has 3 nitrogen and oxygen atoms in total. The molecular formula is C17H18O3. The maximum absolute atomic E-state index is 5.86. The van der Waals surface area contributed by atoms with Gasteiger partial charge >= 0.3 is 0 Å². The molecule has 0 unspecified atom stereocenters. The molecule has 2 aromatic rings. The summed E-state index contributed by atoms with van der Waals surface area (Å²) in [6, 6.07) is 15.8. The predicted octanol–water partition coefficient (Wildman–Crippen LogP) is 3.89.